The Balaban J connectivity index is 2.74. The highest BCUT2D eigenvalue weighted by Gasteiger charge is 2.39. The quantitative estimate of drug-likeness (QED) is 0.723. The van der Waals surface area contributed by atoms with Crippen molar-refractivity contribution >= 4 is 21.8 Å². The van der Waals surface area contributed by atoms with Gasteiger partial charge in [0.25, 0.3) is 0 Å². The molecule has 3 heteroatoms. The predicted molar refractivity (Wildman–Crippen MR) is 76.4 cm³/mol. The van der Waals surface area contributed by atoms with E-state index in [0.717, 1.165) is 5.92 Å². The molecule has 3 unspecified atom stereocenters. The average Bonchev–Trinajstić information content (AvgIpc) is 2.68. The highest BCUT2D eigenvalue weighted by Crippen LogP contribution is 2.38. The zero-order valence-electron chi connectivity index (χ0n) is 11.8. The first-order valence-corrected chi connectivity index (χ1v) is 7.56. The molecule has 1 fully saturated rings. The van der Waals surface area contributed by atoms with Crippen LogP contribution in [0.4, 0.5) is 0 Å². The Hall–Kier alpha value is -0.0500. The van der Waals surface area contributed by atoms with E-state index >= 15 is 0 Å². The first kappa shape index (κ1) is 15.0. The third kappa shape index (κ3) is 3.46. The Morgan fingerprint density at radius 2 is 1.88 bits per heavy atom. The molecule has 0 aromatic rings. The van der Waals surface area contributed by atoms with Crippen molar-refractivity contribution in [2.75, 3.05) is 7.05 Å². The summed E-state index contributed by atoms with van der Waals surface area (Å²) in [5.41, 5.74) is 0. The molecule has 1 saturated carbocycles. The van der Waals surface area contributed by atoms with E-state index < -0.39 is 4.32 Å². The van der Waals surface area contributed by atoms with Gasteiger partial charge in [-0.15, -0.1) is 0 Å². The molecule has 0 radical (unpaired) electrons. The molecule has 1 rings (SSSR count). The van der Waals surface area contributed by atoms with Crippen LogP contribution in [0.1, 0.15) is 53.4 Å². The second-order valence-corrected chi connectivity index (χ2v) is 7.85. The molecule has 0 bridgehead atoms. The van der Waals surface area contributed by atoms with Gasteiger partial charge < -0.3 is 4.90 Å². The molecule has 0 aliphatic heterocycles. The largest absolute Gasteiger partial charge is 0.341 e. The third-order valence-corrected chi connectivity index (χ3v) is 4.52. The molecule has 1 amide bonds. The van der Waals surface area contributed by atoms with Crippen LogP contribution in [0.5, 0.6) is 0 Å². The Morgan fingerprint density at radius 3 is 2.29 bits per heavy atom. The highest BCUT2D eigenvalue weighted by molar-refractivity contribution is 9.10. The van der Waals surface area contributed by atoms with Crippen molar-refractivity contribution in [3.63, 3.8) is 0 Å². The molecule has 0 heterocycles. The number of hydrogen-bond donors (Lipinski definition) is 0. The van der Waals surface area contributed by atoms with Gasteiger partial charge in [-0.3, -0.25) is 4.79 Å². The van der Waals surface area contributed by atoms with Crippen LogP contribution in [-0.2, 0) is 4.79 Å². The zero-order chi connectivity index (χ0) is 13.2. The van der Waals surface area contributed by atoms with E-state index in [9.17, 15) is 4.79 Å². The molecular weight excluding hydrogens is 278 g/mol. The summed E-state index contributed by atoms with van der Waals surface area (Å²) >= 11 is 3.47. The molecule has 17 heavy (non-hydrogen) atoms. The molecule has 0 aromatic carbocycles. The van der Waals surface area contributed by atoms with Gasteiger partial charge in [0.05, 0.1) is 4.32 Å². The topological polar surface area (TPSA) is 20.3 Å². The number of hydrogen-bond acceptors (Lipinski definition) is 1. The number of halogens is 1. The lowest BCUT2D eigenvalue weighted by molar-refractivity contribution is -0.134. The molecule has 0 aromatic heterocycles. The summed E-state index contributed by atoms with van der Waals surface area (Å²) in [5, 5.41) is 0. The summed E-state index contributed by atoms with van der Waals surface area (Å²) in [7, 11) is 1.97. The van der Waals surface area contributed by atoms with E-state index in [0.29, 0.717) is 12.0 Å². The zero-order valence-corrected chi connectivity index (χ0v) is 13.4. The van der Waals surface area contributed by atoms with Gasteiger partial charge in [-0.05, 0) is 38.5 Å². The Kier molecular flexibility index (Phi) is 5.06. The van der Waals surface area contributed by atoms with Crippen molar-refractivity contribution in [1.82, 2.24) is 4.90 Å². The smallest absolute Gasteiger partial charge is 0.238 e. The first-order chi connectivity index (χ1) is 7.81. The second-order valence-electron chi connectivity index (χ2n) is 5.87. The van der Waals surface area contributed by atoms with Gasteiger partial charge in [-0.2, -0.15) is 0 Å². The second kappa shape index (κ2) is 5.73. The molecule has 1 aliphatic carbocycles. The van der Waals surface area contributed by atoms with E-state index in [-0.39, 0.29) is 5.91 Å². The highest BCUT2D eigenvalue weighted by atomic mass is 79.9. The molecule has 100 valence electrons. The molecule has 1 aliphatic rings. The maximum Gasteiger partial charge on any atom is 0.238 e. The van der Waals surface area contributed by atoms with E-state index in [1.165, 1.54) is 25.7 Å². The van der Waals surface area contributed by atoms with Crippen LogP contribution in [0.3, 0.4) is 0 Å². The Morgan fingerprint density at radius 1 is 1.29 bits per heavy atom. The molecule has 0 spiro atoms. The summed E-state index contributed by atoms with van der Waals surface area (Å²) < 4.78 is -0.440. The van der Waals surface area contributed by atoms with Crippen molar-refractivity contribution in [3.8, 4) is 0 Å². The molecule has 0 N–H and O–H groups in total. The summed E-state index contributed by atoms with van der Waals surface area (Å²) in [4.78, 5) is 14.3. The van der Waals surface area contributed by atoms with Gasteiger partial charge in [0.2, 0.25) is 5.91 Å². The van der Waals surface area contributed by atoms with E-state index in [1.807, 2.05) is 25.8 Å². The van der Waals surface area contributed by atoms with Crippen LogP contribution in [-0.4, -0.2) is 28.2 Å². The number of rotatable bonds is 4. The van der Waals surface area contributed by atoms with E-state index in [1.54, 1.807) is 0 Å². The maximum atomic E-state index is 12.3. The lowest BCUT2D eigenvalue weighted by atomic mass is 9.98. The summed E-state index contributed by atoms with van der Waals surface area (Å²) in [5.74, 6) is 1.69. The van der Waals surface area contributed by atoms with Gasteiger partial charge in [0.15, 0.2) is 0 Å². The monoisotopic (exact) mass is 303 g/mol. The fraction of sp³-hybridized carbons (Fsp3) is 0.929. The van der Waals surface area contributed by atoms with Crippen LogP contribution < -0.4 is 0 Å². The van der Waals surface area contributed by atoms with Gasteiger partial charge >= 0.3 is 0 Å². The van der Waals surface area contributed by atoms with Gasteiger partial charge in [0.1, 0.15) is 0 Å². The van der Waals surface area contributed by atoms with Gasteiger partial charge in [-0.25, -0.2) is 0 Å². The summed E-state index contributed by atoms with van der Waals surface area (Å²) in [6.45, 7) is 8.36. The third-order valence-electron chi connectivity index (χ3n) is 4.18. The van der Waals surface area contributed by atoms with Crippen molar-refractivity contribution in [2.24, 2.45) is 11.8 Å². The first-order valence-electron chi connectivity index (χ1n) is 6.77. The van der Waals surface area contributed by atoms with Crippen LogP contribution in [0.15, 0.2) is 0 Å². The van der Waals surface area contributed by atoms with Crippen LogP contribution in [0, 0.1) is 11.8 Å². The van der Waals surface area contributed by atoms with Crippen LogP contribution in [0.25, 0.3) is 0 Å². The Labute approximate surface area is 114 Å². The molecule has 3 atom stereocenters. The van der Waals surface area contributed by atoms with Crippen molar-refractivity contribution in [1.29, 1.82) is 0 Å². The fourth-order valence-electron chi connectivity index (χ4n) is 3.03. The molecular formula is C14H26BrNO. The Bertz CT molecular complexity index is 272. The summed E-state index contributed by atoms with van der Waals surface area (Å²) in [6.07, 6.45) is 4.90. The maximum absolute atomic E-state index is 12.3. The number of nitrogens with zero attached hydrogens (tertiary/aromatic N) is 1. The minimum atomic E-state index is -0.440. The standard InChI is InChI=1S/C14H26BrNO/c1-6-10-8-11(7-2)12(9-10)16(5)13(17)14(3,4)15/h10-12H,6-9H2,1-5H3. The molecule has 2 nitrogen and oxygen atoms in total. The van der Waals surface area contributed by atoms with E-state index in [4.69, 9.17) is 0 Å². The van der Waals surface area contributed by atoms with Gasteiger partial charge in [0, 0.05) is 13.1 Å². The number of alkyl halides is 1. The number of carbonyl (C=O) groups excluding carboxylic acids is 1. The van der Waals surface area contributed by atoms with Crippen LogP contribution in [0.2, 0.25) is 0 Å². The average molecular weight is 304 g/mol. The lowest BCUT2D eigenvalue weighted by Gasteiger charge is -2.33. The number of carbonyl (C=O) groups is 1. The van der Waals surface area contributed by atoms with Gasteiger partial charge in [-0.1, -0.05) is 42.6 Å². The van der Waals surface area contributed by atoms with Crippen molar-refractivity contribution in [2.45, 2.75) is 63.7 Å². The van der Waals surface area contributed by atoms with Crippen molar-refractivity contribution < 1.29 is 4.79 Å². The lowest BCUT2D eigenvalue weighted by Crippen LogP contribution is -2.46. The minimum Gasteiger partial charge on any atom is -0.341 e. The fourth-order valence-corrected chi connectivity index (χ4v) is 3.31. The molecule has 0 saturated heterocycles. The predicted octanol–water partition coefficient (Wildman–Crippen LogP) is 3.83. The van der Waals surface area contributed by atoms with Crippen LogP contribution >= 0.6 is 15.9 Å². The van der Waals surface area contributed by atoms with Crippen molar-refractivity contribution in [3.05, 3.63) is 0 Å². The SMILES string of the molecule is CCC1CC(CC)C(N(C)C(=O)C(C)(C)Br)C1. The van der Waals surface area contributed by atoms with E-state index in [2.05, 4.69) is 29.8 Å². The summed E-state index contributed by atoms with van der Waals surface area (Å²) in [6, 6.07) is 0.439. The normalized spacial score (nSPS) is 29.4. The minimum absolute atomic E-state index is 0.206. The number of amides is 1.